The molecule has 1 aliphatic carbocycles. The minimum absolute atomic E-state index is 0.0791. The Balaban J connectivity index is 2.19. The van der Waals surface area contributed by atoms with Crippen molar-refractivity contribution < 1.29 is 23.0 Å². The lowest BCUT2D eigenvalue weighted by molar-refractivity contribution is -0.137. The maximum Gasteiger partial charge on any atom is 0.417 e. The number of nitriles is 1. The highest BCUT2D eigenvalue weighted by atomic mass is 19.4. The van der Waals surface area contributed by atoms with Crippen molar-refractivity contribution in [1.82, 2.24) is 0 Å². The van der Waals surface area contributed by atoms with Crippen molar-refractivity contribution in [3.05, 3.63) is 29.3 Å². The van der Waals surface area contributed by atoms with Gasteiger partial charge in [-0.05, 0) is 37.5 Å². The molecule has 1 aliphatic rings. The summed E-state index contributed by atoms with van der Waals surface area (Å²) in [5.74, 6) is 0.0791. The monoisotopic (exact) mass is 285 g/mol. The summed E-state index contributed by atoms with van der Waals surface area (Å²) in [6, 6.07) is 4.84. The number of ether oxygens (including phenoxy) is 1. The fourth-order valence-electron chi connectivity index (χ4n) is 2.35. The molecule has 0 aromatic heterocycles. The topological polar surface area (TPSA) is 53.2 Å². The van der Waals surface area contributed by atoms with Crippen LogP contribution in [0.5, 0.6) is 5.75 Å². The van der Waals surface area contributed by atoms with Crippen LogP contribution in [0.4, 0.5) is 13.2 Å². The van der Waals surface area contributed by atoms with E-state index in [4.69, 9.17) is 10.00 Å². The number of halogens is 3. The number of hydrogen-bond acceptors (Lipinski definition) is 3. The van der Waals surface area contributed by atoms with Gasteiger partial charge in [-0.3, -0.25) is 0 Å². The van der Waals surface area contributed by atoms with Crippen LogP contribution in [0.1, 0.15) is 36.8 Å². The van der Waals surface area contributed by atoms with Crippen LogP contribution < -0.4 is 4.74 Å². The summed E-state index contributed by atoms with van der Waals surface area (Å²) in [7, 11) is 0. The molecule has 1 saturated carbocycles. The van der Waals surface area contributed by atoms with E-state index >= 15 is 0 Å². The summed E-state index contributed by atoms with van der Waals surface area (Å²) >= 11 is 0. The maximum atomic E-state index is 12.8. The van der Waals surface area contributed by atoms with Gasteiger partial charge in [-0.15, -0.1) is 0 Å². The Morgan fingerprint density at radius 1 is 1.30 bits per heavy atom. The predicted molar refractivity (Wildman–Crippen MR) is 65.0 cm³/mol. The average molecular weight is 285 g/mol. The Hall–Kier alpha value is -1.74. The third-order valence-corrected chi connectivity index (χ3v) is 3.32. The summed E-state index contributed by atoms with van der Waals surface area (Å²) in [6.07, 6.45) is -2.73. The molecule has 0 spiro atoms. The predicted octanol–water partition coefficient (Wildman–Crippen LogP) is 3.26. The molecule has 3 nitrogen and oxygen atoms in total. The van der Waals surface area contributed by atoms with Crippen molar-refractivity contribution in [2.75, 3.05) is 0 Å². The fraction of sp³-hybridized carbons (Fsp3) is 0.500. The fourth-order valence-corrected chi connectivity index (χ4v) is 2.35. The van der Waals surface area contributed by atoms with Crippen molar-refractivity contribution in [2.45, 2.75) is 44.1 Å². The molecular weight excluding hydrogens is 271 g/mol. The van der Waals surface area contributed by atoms with Gasteiger partial charge in [0.25, 0.3) is 0 Å². The van der Waals surface area contributed by atoms with E-state index in [-0.39, 0.29) is 11.9 Å². The van der Waals surface area contributed by atoms with Crippen LogP contribution in [0, 0.1) is 11.3 Å². The lowest BCUT2D eigenvalue weighted by atomic mass is 9.95. The Bertz CT molecular complexity index is 522. The van der Waals surface area contributed by atoms with E-state index in [1.54, 1.807) is 0 Å². The Morgan fingerprint density at radius 2 is 2.05 bits per heavy atom. The highest BCUT2D eigenvalue weighted by molar-refractivity contribution is 5.44. The van der Waals surface area contributed by atoms with Crippen LogP contribution in [-0.4, -0.2) is 17.3 Å². The maximum absolute atomic E-state index is 12.8. The van der Waals surface area contributed by atoms with Gasteiger partial charge in [-0.1, -0.05) is 0 Å². The number of aliphatic hydroxyl groups is 1. The third-order valence-electron chi connectivity index (χ3n) is 3.32. The molecule has 1 N–H and O–H groups in total. The molecule has 0 heterocycles. The van der Waals surface area contributed by atoms with E-state index in [9.17, 15) is 18.3 Å². The average Bonchev–Trinajstić information content (AvgIpc) is 2.37. The molecule has 6 heteroatoms. The Morgan fingerprint density at radius 3 is 2.65 bits per heavy atom. The molecule has 2 unspecified atom stereocenters. The summed E-state index contributed by atoms with van der Waals surface area (Å²) in [4.78, 5) is 0. The molecule has 1 fully saturated rings. The molecule has 20 heavy (non-hydrogen) atoms. The Kier molecular flexibility index (Phi) is 4.19. The molecule has 0 aliphatic heterocycles. The first kappa shape index (κ1) is 14.7. The number of nitrogens with zero attached hydrogens (tertiary/aromatic N) is 1. The van der Waals surface area contributed by atoms with Crippen molar-refractivity contribution in [2.24, 2.45) is 0 Å². The zero-order valence-corrected chi connectivity index (χ0v) is 10.7. The third kappa shape index (κ3) is 3.42. The van der Waals surface area contributed by atoms with Gasteiger partial charge in [0.2, 0.25) is 0 Å². The number of rotatable bonds is 2. The first-order valence-electron chi connectivity index (χ1n) is 6.36. The van der Waals surface area contributed by atoms with Gasteiger partial charge in [0, 0.05) is 6.42 Å². The summed E-state index contributed by atoms with van der Waals surface area (Å²) in [5, 5.41) is 18.2. The van der Waals surface area contributed by atoms with Crippen LogP contribution in [-0.2, 0) is 6.18 Å². The van der Waals surface area contributed by atoms with E-state index in [1.165, 1.54) is 12.1 Å². The van der Waals surface area contributed by atoms with E-state index in [2.05, 4.69) is 0 Å². The quantitative estimate of drug-likeness (QED) is 0.907. The summed E-state index contributed by atoms with van der Waals surface area (Å²) in [5.41, 5.74) is -1.41. The molecule has 108 valence electrons. The number of aliphatic hydroxyl groups excluding tert-OH is 1. The molecule has 0 radical (unpaired) electrons. The van der Waals surface area contributed by atoms with Crippen molar-refractivity contribution in [3.63, 3.8) is 0 Å². The van der Waals surface area contributed by atoms with Gasteiger partial charge in [0.05, 0.1) is 23.3 Å². The van der Waals surface area contributed by atoms with Gasteiger partial charge in [-0.25, -0.2) is 0 Å². The first-order valence-corrected chi connectivity index (χ1v) is 6.36. The molecule has 2 atom stereocenters. The molecule has 2 rings (SSSR count). The van der Waals surface area contributed by atoms with E-state index in [0.29, 0.717) is 19.3 Å². The molecule has 0 bridgehead atoms. The Labute approximate surface area is 114 Å². The second kappa shape index (κ2) is 5.71. The number of hydrogen-bond donors (Lipinski definition) is 1. The van der Waals surface area contributed by atoms with Gasteiger partial charge >= 0.3 is 6.18 Å². The highest BCUT2D eigenvalue weighted by Crippen LogP contribution is 2.35. The summed E-state index contributed by atoms with van der Waals surface area (Å²) < 4.78 is 43.9. The normalized spacial score (nSPS) is 23.1. The largest absolute Gasteiger partial charge is 0.490 e. The molecule has 1 aromatic carbocycles. The second-order valence-electron chi connectivity index (χ2n) is 4.88. The van der Waals surface area contributed by atoms with E-state index < -0.39 is 23.4 Å². The van der Waals surface area contributed by atoms with Crippen LogP contribution in [0.2, 0.25) is 0 Å². The van der Waals surface area contributed by atoms with Crippen LogP contribution in [0.25, 0.3) is 0 Å². The summed E-state index contributed by atoms with van der Waals surface area (Å²) in [6.45, 7) is 0. The van der Waals surface area contributed by atoms with Crippen LogP contribution in [0.3, 0.4) is 0 Å². The number of alkyl halides is 3. The lowest BCUT2D eigenvalue weighted by Crippen LogP contribution is -2.28. The van der Waals surface area contributed by atoms with Gasteiger partial charge < -0.3 is 9.84 Å². The zero-order chi connectivity index (χ0) is 14.8. The van der Waals surface area contributed by atoms with Crippen LogP contribution >= 0.6 is 0 Å². The zero-order valence-electron chi connectivity index (χ0n) is 10.7. The lowest BCUT2D eigenvalue weighted by Gasteiger charge is -2.26. The smallest absolute Gasteiger partial charge is 0.417 e. The van der Waals surface area contributed by atoms with Crippen molar-refractivity contribution in [3.8, 4) is 11.8 Å². The van der Waals surface area contributed by atoms with Crippen molar-refractivity contribution in [1.29, 1.82) is 5.26 Å². The molecule has 0 saturated heterocycles. The number of benzene rings is 1. The standard InChI is InChI=1S/C14H14F3NO2/c15-14(16,17)13-7-12(5-4-9(13)8-18)20-11-3-1-2-10(19)6-11/h4-5,7,10-11,19H,1-3,6H2. The highest BCUT2D eigenvalue weighted by Gasteiger charge is 2.34. The van der Waals surface area contributed by atoms with Crippen molar-refractivity contribution >= 4 is 0 Å². The second-order valence-corrected chi connectivity index (χ2v) is 4.88. The van der Waals surface area contributed by atoms with Gasteiger partial charge in [0.15, 0.2) is 0 Å². The molecular formula is C14H14F3NO2. The minimum Gasteiger partial charge on any atom is -0.490 e. The van der Waals surface area contributed by atoms with E-state index in [1.807, 2.05) is 0 Å². The van der Waals surface area contributed by atoms with Crippen LogP contribution in [0.15, 0.2) is 18.2 Å². The van der Waals surface area contributed by atoms with Gasteiger partial charge in [-0.2, -0.15) is 18.4 Å². The molecule has 0 amide bonds. The molecule has 1 aromatic rings. The minimum atomic E-state index is -4.59. The van der Waals surface area contributed by atoms with Gasteiger partial charge in [0.1, 0.15) is 11.9 Å². The SMILES string of the molecule is N#Cc1ccc(OC2CCCC(O)C2)cc1C(F)(F)F. The van der Waals surface area contributed by atoms with E-state index in [0.717, 1.165) is 18.6 Å². The first-order chi connectivity index (χ1) is 9.40.